The number of anilines is 1. The van der Waals surface area contributed by atoms with E-state index in [9.17, 15) is 15.2 Å². The predicted molar refractivity (Wildman–Crippen MR) is 76.8 cm³/mol. The summed E-state index contributed by atoms with van der Waals surface area (Å²) in [6, 6.07) is 1.51. The van der Waals surface area contributed by atoms with Crippen LogP contribution in [-0.2, 0) is 0 Å². The maximum absolute atomic E-state index is 11.2. The van der Waals surface area contributed by atoms with Crippen molar-refractivity contribution in [2.45, 2.75) is 39.2 Å². The lowest BCUT2D eigenvalue weighted by Gasteiger charge is -2.31. The molecule has 6 heteroatoms. The highest BCUT2D eigenvalue weighted by atomic mass is 32.1. The van der Waals surface area contributed by atoms with Crippen molar-refractivity contribution in [1.82, 2.24) is 0 Å². The van der Waals surface area contributed by atoms with Crippen LogP contribution >= 0.6 is 11.3 Å². The monoisotopic (exact) mass is 284 g/mol. The molecule has 1 aromatic heterocycles. The van der Waals surface area contributed by atoms with Crippen LogP contribution in [0.1, 0.15) is 44.1 Å². The van der Waals surface area contributed by atoms with Crippen LogP contribution in [0.3, 0.4) is 0 Å². The van der Waals surface area contributed by atoms with Crippen LogP contribution in [0.25, 0.3) is 0 Å². The SMILES string of the molecule is CCN(CC1CCC1)c1sc(C(C)O)cc1[N+](=O)[O-]. The number of nitrogens with zero attached hydrogens (tertiary/aromatic N) is 2. The minimum absolute atomic E-state index is 0.127. The van der Waals surface area contributed by atoms with E-state index in [1.54, 1.807) is 6.92 Å². The highest BCUT2D eigenvalue weighted by molar-refractivity contribution is 7.16. The molecule has 1 unspecified atom stereocenters. The molecule has 0 amide bonds. The maximum atomic E-state index is 11.2. The van der Waals surface area contributed by atoms with Crippen LogP contribution in [0.4, 0.5) is 10.7 Å². The Kier molecular flexibility index (Phi) is 4.42. The molecule has 19 heavy (non-hydrogen) atoms. The molecule has 1 aliphatic rings. The fourth-order valence-electron chi connectivity index (χ4n) is 2.30. The molecule has 1 fully saturated rings. The van der Waals surface area contributed by atoms with Crippen molar-refractivity contribution in [3.63, 3.8) is 0 Å². The maximum Gasteiger partial charge on any atom is 0.304 e. The van der Waals surface area contributed by atoms with Gasteiger partial charge in [0.15, 0.2) is 5.00 Å². The minimum Gasteiger partial charge on any atom is -0.388 e. The summed E-state index contributed by atoms with van der Waals surface area (Å²) in [5.74, 6) is 0.664. The number of rotatable bonds is 6. The molecule has 1 saturated carbocycles. The highest BCUT2D eigenvalue weighted by Gasteiger charge is 2.27. The van der Waals surface area contributed by atoms with E-state index in [1.807, 2.05) is 6.92 Å². The quantitative estimate of drug-likeness (QED) is 0.642. The Morgan fingerprint density at radius 3 is 2.74 bits per heavy atom. The normalized spacial score (nSPS) is 17.0. The second-order valence-corrected chi connectivity index (χ2v) is 6.17. The third kappa shape index (κ3) is 3.06. The molecule has 2 rings (SSSR count). The molecule has 0 saturated heterocycles. The smallest absolute Gasteiger partial charge is 0.304 e. The number of aliphatic hydroxyl groups excluding tert-OH is 1. The largest absolute Gasteiger partial charge is 0.388 e. The number of thiophene rings is 1. The molecule has 1 atom stereocenters. The van der Waals surface area contributed by atoms with Crippen molar-refractivity contribution in [1.29, 1.82) is 0 Å². The summed E-state index contributed by atoms with van der Waals surface area (Å²) in [7, 11) is 0. The Morgan fingerprint density at radius 1 is 1.63 bits per heavy atom. The summed E-state index contributed by atoms with van der Waals surface area (Å²) in [5, 5.41) is 21.4. The van der Waals surface area contributed by atoms with Gasteiger partial charge in [-0.1, -0.05) is 6.42 Å². The lowest BCUT2D eigenvalue weighted by atomic mass is 9.85. The van der Waals surface area contributed by atoms with Crippen LogP contribution in [-0.4, -0.2) is 23.1 Å². The fraction of sp³-hybridized carbons (Fsp3) is 0.692. The average Bonchev–Trinajstić information content (AvgIpc) is 2.73. The van der Waals surface area contributed by atoms with Gasteiger partial charge in [-0.25, -0.2) is 0 Å². The van der Waals surface area contributed by atoms with Crippen LogP contribution in [0.5, 0.6) is 0 Å². The number of hydrogen-bond acceptors (Lipinski definition) is 5. The molecule has 5 nitrogen and oxygen atoms in total. The third-order valence-corrected chi connectivity index (χ3v) is 5.05. The van der Waals surface area contributed by atoms with Gasteiger partial charge in [0.1, 0.15) is 0 Å². The van der Waals surface area contributed by atoms with Gasteiger partial charge >= 0.3 is 5.69 Å². The van der Waals surface area contributed by atoms with Crippen LogP contribution in [0.2, 0.25) is 0 Å². The Bertz CT molecular complexity index is 455. The van der Waals surface area contributed by atoms with Crippen molar-refractivity contribution in [3.05, 3.63) is 21.1 Å². The molecule has 1 aliphatic carbocycles. The van der Waals surface area contributed by atoms with E-state index in [1.165, 1.54) is 36.7 Å². The van der Waals surface area contributed by atoms with Gasteiger partial charge in [0.2, 0.25) is 0 Å². The summed E-state index contributed by atoms with van der Waals surface area (Å²) < 4.78 is 0. The van der Waals surface area contributed by atoms with Gasteiger partial charge in [0.25, 0.3) is 0 Å². The van der Waals surface area contributed by atoms with E-state index in [0.717, 1.165) is 13.1 Å². The lowest BCUT2D eigenvalue weighted by Crippen LogP contribution is -2.32. The first-order valence-corrected chi connectivity index (χ1v) is 7.55. The average molecular weight is 284 g/mol. The zero-order valence-corrected chi connectivity index (χ0v) is 12.2. The van der Waals surface area contributed by atoms with Crippen molar-refractivity contribution >= 4 is 22.0 Å². The van der Waals surface area contributed by atoms with Gasteiger partial charge in [-0.3, -0.25) is 10.1 Å². The fourth-order valence-corrected chi connectivity index (χ4v) is 3.43. The van der Waals surface area contributed by atoms with Crippen molar-refractivity contribution in [2.24, 2.45) is 5.92 Å². The summed E-state index contributed by atoms with van der Waals surface area (Å²) in [6.45, 7) is 5.31. The number of aliphatic hydroxyl groups is 1. The molecule has 1 heterocycles. The van der Waals surface area contributed by atoms with Gasteiger partial charge in [-0.05, 0) is 32.6 Å². The summed E-state index contributed by atoms with van der Waals surface area (Å²) in [4.78, 5) is 13.5. The molecule has 0 aliphatic heterocycles. The third-order valence-electron chi connectivity index (χ3n) is 3.69. The van der Waals surface area contributed by atoms with Gasteiger partial charge < -0.3 is 10.0 Å². The Morgan fingerprint density at radius 2 is 2.32 bits per heavy atom. The molecule has 0 bridgehead atoms. The van der Waals surface area contributed by atoms with E-state index in [0.29, 0.717) is 15.8 Å². The Hall–Kier alpha value is -1.14. The highest BCUT2D eigenvalue weighted by Crippen LogP contribution is 2.41. The molecule has 1 aromatic rings. The van der Waals surface area contributed by atoms with Crippen molar-refractivity contribution < 1.29 is 10.0 Å². The Balaban J connectivity index is 2.25. The topological polar surface area (TPSA) is 66.6 Å². The van der Waals surface area contributed by atoms with Gasteiger partial charge in [0.05, 0.1) is 11.0 Å². The molecule has 1 N–H and O–H groups in total. The first-order chi connectivity index (χ1) is 9.02. The van der Waals surface area contributed by atoms with Crippen molar-refractivity contribution in [3.8, 4) is 0 Å². The van der Waals surface area contributed by atoms with E-state index in [-0.39, 0.29) is 10.6 Å². The van der Waals surface area contributed by atoms with Gasteiger partial charge in [0, 0.05) is 24.0 Å². The molecule has 0 aromatic carbocycles. The second-order valence-electron chi connectivity index (χ2n) is 5.11. The Labute approximate surface area is 117 Å². The zero-order chi connectivity index (χ0) is 14.0. The van der Waals surface area contributed by atoms with E-state index in [4.69, 9.17) is 0 Å². The standard InChI is InChI=1S/C13H20N2O3S/c1-3-14(8-10-5-4-6-10)13-11(15(17)18)7-12(19-13)9(2)16/h7,9-10,16H,3-6,8H2,1-2H3. The molecule has 0 spiro atoms. The van der Waals surface area contributed by atoms with Crippen LogP contribution in [0, 0.1) is 16.0 Å². The molecular weight excluding hydrogens is 264 g/mol. The summed E-state index contributed by atoms with van der Waals surface area (Å²) in [6.07, 6.45) is 3.06. The zero-order valence-electron chi connectivity index (χ0n) is 11.3. The van der Waals surface area contributed by atoms with E-state index in [2.05, 4.69) is 4.90 Å². The minimum atomic E-state index is -0.653. The first-order valence-electron chi connectivity index (χ1n) is 6.74. The summed E-state index contributed by atoms with van der Waals surface area (Å²) >= 11 is 1.34. The number of hydrogen-bond donors (Lipinski definition) is 1. The van der Waals surface area contributed by atoms with Crippen LogP contribution in [0.15, 0.2) is 6.07 Å². The van der Waals surface area contributed by atoms with E-state index < -0.39 is 6.10 Å². The van der Waals surface area contributed by atoms with Crippen molar-refractivity contribution in [2.75, 3.05) is 18.0 Å². The van der Waals surface area contributed by atoms with Gasteiger partial charge in [-0.2, -0.15) is 0 Å². The molecule has 0 radical (unpaired) electrons. The summed E-state index contributed by atoms with van der Waals surface area (Å²) in [5.41, 5.74) is 0.127. The van der Waals surface area contributed by atoms with Gasteiger partial charge in [-0.15, -0.1) is 11.3 Å². The second kappa shape index (κ2) is 5.88. The molecular formula is C13H20N2O3S. The van der Waals surface area contributed by atoms with E-state index >= 15 is 0 Å². The predicted octanol–water partition coefficient (Wildman–Crippen LogP) is 3.34. The number of nitro groups is 1. The first kappa shape index (κ1) is 14.3. The molecule has 106 valence electrons. The lowest BCUT2D eigenvalue weighted by molar-refractivity contribution is -0.383. The van der Waals surface area contributed by atoms with Crippen LogP contribution < -0.4 is 4.90 Å².